The van der Waals surface area contributed by atoms with E-state index in [4.69, 9.17) is 9.47 Å². The fourth-order valence-corrected chi connectivity index (χ4v) is 3.78. The molecule has 0 atom stereocenters. The molecule has 162 valence electrons. The summed E-state index contributed by atoms with van der Waals surface area (Å²) in [5.74, 6) is 0.164. The van der Waals surface area contributed by atoms with Crippen LogP contribution in [0, 0.1) is 0 Å². The van der Waals surface area contributed by atoms with Crippen LogP contribution in [0.3, 0.4) is 0 Å². The Kier molecular flexibility index (Phi) is 8.29. The highest BCUT2D eigenvalue weighted by molar-refractivity contribution is 7.93. The monoisotopic (exact) mass is 432 g/mol. The normalized spacial score (nSPS) is 11.1. The van der Waals surface area contributed by atoms with Crippen LogP contribution in [0.2, 0.25) is 0 Å². The van der Waals surface area contributed by atoms with E-state index in [0.717, 1.165) is 5.56 Å². The third-order valence-electron chi connectivity index (χ3n) is 4.05. The van der Waals surface area contributed by atoms with E-state index >= 15 is 0 Å². The van der Waals surface area contributed by atoms with Crippen LogP contribution in [0.25, 0.3) is 0 Å². The molecule has 0 aliphatic rings. The molecule has 0 saturated heterocycles. The highest BCUT2D eigenvalue weighted by Crippen LogP contribution is 2.18. The summed E-state index contributed by atoms with van der Waals surface area (Å²) in [5.41, 5.74) is 1.22. The lowest BCUT2D eigenvalue weighted by Crippen LogP contribution is -2.37. The zero-order chi connectivity index (χ0) is 22.1. The number of carbonyl (C=O) groups is 1. The Balaban J connectivity index is 2.02. The number of ether oxygens (including phenoxy) is 2. The molecule has 0 unspecified atom stereocenters. The summed E-state index contributed by atoms with van der Waals surface area (Å²) < 4.78 is 38.1. The molecule has 0 bridgehead atoms. The van der Waals surface area contributed by atoms with Crippen molar-refractivity contribution in [3.8, 4) is 11.5 Å². The molecule has 0 aliphatic carbocycles. The first-order valence-corrected chi connectivity index (χ1v) is 11.2. The Morgan fingerprint density at radius 1 is 1.10 bits per heavy atom. The number of sulfonamides is 1. The molecule has 0 saturated carbocycles. The molecule has 2 rings (SSSR count). The number of nitrogens with one attached hydrogen (secondary N) is 1. The molecule has 1 N–H and O–H groups in total. The molecule has 0 aliphatic heterocycles. The summed E-state index contributed by atoms with van der Waals surface area (Å²) in [7, 11) is -2.30. The van der Waals surface area contributed by atoms with Gasteiger partial charge in [-0.25, -0.2) is 8.42 Å². The third-order valence-corrected chi connectivity index (χ3v) is 5.22. The fraction of sp³-hybridized carbons (Fsp3) is 0.318. The van der Waals surface area contributed by atoms with E-state index in [1.165, 1.54) is 4.90 Å². The van der Waals surface area contributed by atoms with Crippen LogP contribution < -0.4 is 14.2 Å². The Morgan fingerprint density at radius 2 is 1.70 bits per heavy atom. The molecule has 2 aromatic carbocycles. The van der Waals surface area contributed by atoms with Crippen molar-refractivity contribution in [2.24, 2.45) is 0 Å². The Morgan fingerprint density at radius 3 is 2.23 bits per heavy atom. The van der Waals surface area contributed by atoms with Crippen LogP contribution >= 0.6 is 0 Å². The minimum atomic E-state index is -3.87. The smallest absolute Gasteiger partial charge is 0.241 e. The van der Waals surface area contributed by atoms with Crippen molar-refractivity contribution >= 4 is 21.6 Å². The number of anilines is 1. The van der Waals surface area contributed by atoms with Gasteiger partial charge in [0.2, 0.25) is 15.9 Å². The largest absolute Gasteiger partial charge is 0.497 e. The van der Waals surface area contributed by atoms with Gasteiger partial charge in [-0.1, -0.05) is 18.2 Å². The van der Waals surface area contributed by atoms with Gasteiger partial charge in [-0.05, 0) is 55.8 Å². The van der Waals surface area contributed by atoms with Gasteiger partial charge in [0, 0.05) is 18.8 Å². The molecule has 0 aromatic heterocycles. The molecule has 30 heavy (non-hydrogen) atoms. The van der Waals surface area contributed by atoms with Crippen molar-refractivity contribution in [1.82, 2.24) is 4.90 Å². The summed E-state index contributed by atoms with van der Waals surface area (Å²) >= 11 is 0. The van der Waals surface area contributed by atoms with E-state index in [2.05, 4.69) is 11.3 Å². The lowest BCUT2D eigenvalue weighted by atomic mass is 10.2. The second-order valence-electron chi connectivity index (χ2n) is 6.96. The van der Waals surface area contributed by atoms with Crippen molar-refractivity contribution in [1.29, 1.82) is 0 Å². The molecule has 1 amide bonds. The van der Waals surface area contributed by atoms with E-state index < -0.39 is 21.7 Å². The van der Waals surface area contributed by atoms with Gasteiger partial charge in [0.15, 0.2) is 0 Å². The molecule has 2 aromatic rings. The highest BCUT2D eigenvalue weighted by atomic mass is 32.2. The zero-order valence-corrected chi connectivity index (χ0v) is 18.3. The van der Waals surface area contributed by atoms with Crippen LogP contribution in [0.15, 0.2) is 61.2 Å². The lowest BCUT2D eigenvalue weighted by molar-refractivity contribution is -0.128. The van der Waals surface area contributed by atoms with Gasteiger partial charge < -0.3 is 14.4 Å². The average molecular weight is 433 g/mol. The maximum atomic E-state index is 12.7. The van der Waals surface area contributed by atoms with Gasteiger partial charge in [0.05, 0.1) is 13.2 Å². The summed E-state index contributed by atoms with van der Waals surface area (Å²) in [6.07, 6.45) is 1.58. The number of hydrogen-bond acceptors (Lipinski definition) is 5. The Hall–Kier alpha value is -3.00. The first-order chi connectivity index (χ1) is 14.2. The molecule has 7 nitrogen and oxygen atoms in total. The van der Waals surface area contributed by atoms with Gasteiger partial charge in [0.1, 0.15) is 17.3 Å². The minimum Gasteiger partial charge on any atom is -0.497 e. The van der Waals surface area contributed by atoms with Crippen molar-refractivity contribution in [3.63, 3.8) is 0 Å². The average Bonchev–Trinajstić information content (AvgIpc) is 2.68. The lowest BCUT2D eigenvalue weighted by Gasteiger charge is -2.21. The first kappa shape index (κ1) is 23.3. The van der Waals surface area contributed by atoms with E-state index in [1.54, 1.807) is 49.6 Å². The predicted octanol–water partition coefficient (Wildman–Crippen LogP) is 3.44. The number of nitrogens with zero attached hydrogens (tertiary/aromatic N) is 1. The SMILES string of the molecule is C=CCN(Cc1ccc(OC)cc1)C(=O)CS(=O)(=O)Nc1ccc(OC(C)C)cc1. The second kappa shape index (κ2) is 10.7. The van der Waals surface area contributed by atoms with Crippen LogP contribution in [-0.2, 0) is 21.4 Å². The van der Waals surface area contributed by atoms with Crippen molar-refractivity contribution < 1.29 is 22.7 Å². The predicted molar refractivity (Wildman–Crippen MR) is 118 cm³/mol. The maximum Gasteiger partial charge on any atom is 0.241 e. The number of hydrogen-bond donors (Lipinski definition) is 1. The summed E-state index contributed by atoms with van der Waals surface area (Å²) in [6.45, 7) is 7.97. The highest BCUT2D eigenvalue weighted by Gasteiger charge is 2.21. The fourth-order valence-electron chi connectivity index (χ4n) is 2.70. The molecule has 0 fully saturated rings. The molecule has 0 spiro atoms. The zero-order valence-electron chi connectivity index (χ0n) is 17.5. The van der Waals surface area contributed by atoms with E-state index in [-0.39, 0.29) is 19.2 Å². The van der Waals surface area contributed by atoms with Gasteiger partial charge in [-0.15, -0.1) is 6.58 Å². The number of amides is 1. The Bertz CT molecular complexity index is 938. The van der Waals surface area contributed by atoms with Crippen LogP contribution in [0.5, 0.6) is 11.5 Å². The second-order valence-corrected chi connectivity index (χ2v) is 8.69. The standard InChI is InChI=1S/C22H28N2O5S/c1-5-14-24(15-18-6-10-20(28-4)11-7-18)22(25)16-30(26,27)23-19-8-12-21(13-9-19)29-17(2)3/h5-13,17,23H,1,14-16H2,2-4H3. The third kappa shape index (κ3) is 7.44. The molecular weight excluding hydrogens is 404 g/mol. The minimum absolute atomic E-state index is 0.0201. The quantitative estimate of drug-likeness (QED) is 0.550. The van der Waals surface area contributed by atoms with Crippen molar-refractivity contribution in [2.45, 2.75) is 26.5 Å². The number of carbonyl (C=O) groups excluding carboxylic acids is 1. The maximum absolute atomic E-state index is 12.7. The van der Waals surface area contributed by atoms with Crippen LogP contribution in [0.1, 0.15) is 19.4 Å². The first-order valence-electron chi connectivity index (χ1n) is 9.51. The number of rotatable bonds is 11. The number of methoxy groups -OCH3 is 1. The van der Waals surface area contributed by atoms with E-state index in [9.17, 15) is 13.2 Å². The van der Waals surface area contributed by atoms with E-state index in [1.807, 2.05) is 26.0 Å². The van der Waals surface area contributed by atoms with Crippen molar-refractivity contribution in [2.75, 3.05) is 24.1 Å². The van der Waals surface area contributed by atoms with Crippen LogP contribution in [0.4, 0.5) is 5.69 Å². The molecular formula is C22H28N2O5S. The molecule has 8 heteroatoms. The van der Waals surface area contributed by atoms with Gasteiger partial charge in [0.25, 0.3) is 0 Å². The topological polar surface area (TPSA) is 84.9 Å². The van der Waals surface area contributed by atoms with E-state index in [0.29, 0.717) is 17.2 Å². The van der Waals surface area contributed by atoms with Gasteiger partial charge in [-0.3, -0.25) is 9.52 Å². The molecule has 0 radical (unpaired) electrons. The van der Waals surface area contributed by atoms with Gasteiger partial charge >= 0.3 is 0 Å². The Labute approximate surface area is 178 Å². The summed E-state index contributed by atoms with van der Waals surface area (Å²) in [6, 6.07) is 13.8. The van der Waals surface area contributed by atoms with Crippen molar-refractivity contribution in [3.05, 3.63) is 66.7 Å². The summed E-state index contributed by atoms with van der Waals surface area (Å²) in [5, 5.41) is 0. The molecule has 0 heterocycles. The number of benzene rings is 2. The summed E-state index contributed by atoms with van der Waals surface area (Å²) in [4.78, 5) is 14.1. The van der Waals surface area contributed by atoms with Gasteiger partial charge in [-0.2, -0.15) is 0 Å². The van der Waals surface area contributed by atoms with Crippen LogP contribution in [-0.4, -0.2) is 44.7 Å².